The molecule has 7 nitrogen and oxygen atoms in total. The van der Waals surface area contributed by atoms with E-state index in [0.717, 1.165) is 4.90 Å². The van der Waals surface area contributed by atoms with Gasteiger partial charge in [0, 0.05) is 6.04 Å². The van der Waals surface area contributed by atoms with E-state index in [-0.39, 0.29) is 12.8 Å². The van der Waals surface area contributed by atoms with E-state index in [0.29, 0.717) is 6.42 Å². The molecule has 2 fully saturated rings. The average Bonchev–Trinajstić information content (AvgIpc) is 2.80. The Morgan fingerprint density at radius 1 is 1.25 bits per heavy atom. The van der Waals surface area contributed by atoms with E-state index in [1.54, 1.807) is 20.8 Å². The van der Waals surface area contributed by atoms with Gasteiger partial charge in [-0.2, -0.15) is 0 Å². The largest absolute Gasteiger partial charge is 0.481 e. The maximum Gasteiger partial charge on any atom is 0.411 e. The highest BCUT2D eigenvalue weighted by molar-refractivity contribution is 5.89. The highest BCUT2D eigenvalue weighted by Gasteiger charge is 2.65. The van der Waals surface area contributed by atoms with Crippen LogP contribution in [0.2, 0.25) is 0 Å². The third-order valence-corrected chi connectivity index (χ3v) is 3.97. The lowest BCUT2D eigenvalue weighted by molar-refractivity contribution is -0.148. The number of ether oxygens (including phenoxy) is 1. The summed E-state index contributed by atoms with van der Waals surface area (Å²) in [4.78, 5) is 36.2. The SMILES string of the molecule is CC(C)(C)OC(=O)N1C2CCC1(C(=O)O)CC2C(=O)O. The molecule has 0 aromatic rings. The Hall–Kier alpha value is -1.79. The van der Waals surface area contributed by atoms with Gasteiger partial charge in [-0.3, -0.25) is 9.69 Å². The Balaban J connectivity index is 2.33. The molecule has 0 aliphatic carbocycles. The lowest BCUT2D eigenvalue weighted by Crippen LogP contribution is -2.52. The minimum Gasteiger partial charge on any atom is -0.481 e. The molecule has 2 saturated heterocycles. The van der Waals surface area contributed by atoms with Crippen LogP contribution >= 0.6 is 0 Å². The average molecular weight is 285 g/mol. The van der Waals surface area contributed by atoms with Crippen LogP contribution in [0.5, 0.6) is 0 Å². The molecule has 0 saturated carbocycles. The number of fused-ring (bicyclic) bond motifs is 2. The maximum absolute atomic E-state index is 12.2. The van der Waals surface area contributed by atoms with Gasteiger partial charge in [-0.25, -0.2) is 9.59 Å². The Labute approximate surface area is 116 Å². The van der Waals surface area contributed by atoms with Gasteiger partial charge < -0.3 is 14.9 Å². The molecular formula is C13H19NO6. The number of carboxylic acids is 2. The first-order valence-corrected chi connectivity index (χ1v) is 6.57. The molecule has 7 heteroatoms. The minimum absolute atomic E-state index is 0.0540. The number of aliphatic carboxylic acids is 2. The van der Waals surface area contributed by atoms with Gasteiger partial charge in [0.15, 0.2) is 0 Å². The summed E-state index contributed by atoms with van der Waals surface area (Å²) in [6.07, 6.45) is -0.147. The third-order valence-electron chi connectivity index (χ3n) is 3.97. The van der Waals surface area contributed by atoms with Crippen LogP contribution in [0.4, 0.5) is 4.79 Å². The van der Waals surface area contributed by atoms with Crippen LogP contribution in [0, 0.1) is 5.92 Å². The Kier molecular flexibility index (Phi) is 3.19. The van der Waals surface area contributed by atoms with Gasteiger partial charge >= 0.3 is 18.0 Å². The fraction of sp³-hybridized carbons (Fsp3) is 0.769. The summed E-state index contributed by atoms with van der Waals surface area (Å²) < 4.78 is 5.24. The molecule has 0 spiro atoms. The van der Waals surface area contributed by atoms with Crippen molar-refractivity contribution in [2.45, 2.75) is 57.2 Å². The monoisotopic (exact) mass is 285 g/mol. The quantitative estimate of drug-likeness (QED) is 0.792. The zero-order valence-electron chi connectivity index (χ0n) is 11.8. The van der Waals surface area contributed by atoms with Crippen molar-refractivity contribution < 1.29 is 29.3 Å². The molecule has 1 amide bonds. The second-order valence-electron chi connectivity index (χ2n) is 6.44. The predicted molar refractivity (Wildman–Crippen MR) is 67.2 cm³/mol. The molecule has 0 aromatic carbocycles. The van der Waals surface area contributed by atoms with Gasteiger partial charge in [0.25, 0.3) is 0 Å². The van der Waals surface area contributed by atoms with Gasteiger partial charge in [0.2, 0.25) is 0 Å². The highest BCUT2D eigenvalue weighted by Crippen LogP contribution is 2.50. The van der Waals surface area contributed by atoms with Crippen LogP contribution in [-0.2, 0) is 14.3 Å². The molecule has 2 rings (SSSR count). The number of hydrogen-bond acceptors (Lipinski definition) is 4. The number of amides is 1. The molecule has 2 aliphatic heterocycles. The predicted octanol–water partition coefficient (Wildman–Crippen LogP) is 1.31. The van der Waals surface area contributed by atoms with Crippen molar-refractivity contribution in [1.29, 1.82) is 0 Å². The van der Waals surface area contributed by atoms with Crippen LogP contribution in [0.3, 0.4) is 0 Å². The van der Waals surface area contributed by atoms with Gasteiger partial charge in [-0.15, -0.1) is 0 Å². The van der Waals surface area contributed by atoms with Crippen molar-refractivity contribution in [3.63, 3.8) is 0 Å². The molecule has 0 aromatic heterocycles. The lowest BCUT2D eigenvalue weighted by atomic mass is 9.81. The molecular weight excluding hydrogens is 266 g/mol. The second-order valence-corrected chi connectivity index (χ2v) is 6.44. The van der Waals surface area contributed by atoms with Gasteiger partial charge in [0.05, 0.1) is 5.92 Å². The molecule has 3 atom stereocenters. The number of carbonyl (C=O) groups is 3. The maximum atomic E-state index is 12.2. The van der Waals surface area contributed by atoms with E-state index in [1.165, 1.54) is 0 Å². The van der Waals surface area contributed by atoms with Crippen molar-refractivity contribution in [3.05, 3.63) is 0 Å². The van der Waals surface area contributed by atoms with Crippen molar-refractivity contribution >= 4 is 18.0 Å². The van der Waals surface area contributed by atoms with Crippen molar-refractivity contribution in [2.75, 3.05) is 0 Å². The molecule has 2 bridgehead atoms. The van der Waals surface area contributed by atoms with Crippen LogP contribution < -0.4 is 0 Å². The van der Waals surface area contributed by atoms with Crippen molar-refractivity contribution in [3.8, 4) is 0 Å². The molecule has 2 heterocycles. The summed E-state index contributed by atoms with van der Waals surface area (Å²) in [5, 5.41) is 18.7. The summed E-state index contributed by atoms with van der Waals surface area (Å²) in [5.41, 5.74) is -2.19. The third kappa shape index (κ3) is 2.10. The standard InChI is InChI=1S/C13H19NO6/c1-12(2,3)20-11(19)14-8-4-5-13(14,10(17)18)6-7(8)9(15)16/h7-8H,4-6H2,1-3H3,(H,15,16)(H,17,18). The molecule has 112 valence electrons. The van der Waals surface area contributed by atoms with Crippen LogP contribution in [-0.4, -0.2) is 50.3 Å². The number of hydrogen-bond donors (Lipinski definition) is 2. The van der Waals surface area contributed by atoms with Crippen LogP contribution in [0.25, 0.3) is 0 Å². The van der Waals surface area contributed by atoms with E-state index >= 15 is 0 Å². The zero-order valence-corrected chi connectivity index (χ0v) is 11.8. The number of nitrogens with zero attached hydrogens (tertiary/aromatic N) is 1. The first-order chi connectivity index (χ1) is 9.08. The fourth-order valence-corrected chi connectivity index (χ4v) is 3.21. The highest BCUT2D eigenvalue weighted by atomic mass is 16.6. The fourth-order valence-electron chi connectivity index (χ4n) is 3.21. The minimum atomic E-state index is -1.43. The van der Waals surface area contributed by atoms with Gasteiger partial charge in [0.1, 0.15) is 11.1 Å². The number of rotatable bonds is 2. The van der Waals surface area contributed by atoms with Gasteiger partial charge in [-0.1, -0.05) is 0 Å². The summed E-state index contributed by atoms with van der Waals surface area (Å²) >= 11 is 0. The van der Waals surface area contributed by atoms with E-state index in [9.17, 15) is 24.6 Å². The molecule has 20 heavy (non-hydrogen) atoms. The van der Waals surface area contributed by atoms with E-state index in [4.69, 9.17) is 4.74 Å². The van der Waals surface area contributed by atoms with Crippen molar-refractivity contribution in [2.24, 2.45) is 5.92 Å². The van der Waals surface area contributed by atoms with Crippen LogP contribution in [0.1, 0.15) is 40.0 Å². The second kappa shape index (κ2) is 4.36. The zero-order chi connectivity index (χ0) is 15.3. The topological polar surface area (TPSA) is 104 Å². The summed E-state index contributed by atoms with van der Waals surface area (Å²) in [6, 6.07) is -0.599. The molecule has 2 N–H and O–H groups in total. The molecule has 2 aliphatic rings. The number of carboxylic acid groups (broad SMARTS) is 2. The smallest absolute Gasteiger partial charge is 0.411 e. The molecule has 0 radical (unpaired) electrons. The lowest BCUT2D eigenvalue weighted by Gasteiger charge is -2.32. The van der Waals surface area contributed by atoms with Crippen molar-refractivity contribution in [1.82, 2.24) is 4.90 Å². The Morgan fingerprint density at radius 2 is 1.85 bits per heavy atom. The summed E-state index contributed by atoms with van der Waals surface area (Å²) in [5.74, 6) is -3.06. The summed E-state index contributed by atoms with van der Waals surface area (Å²) in [6.45, 7) is 5.06. The normalized spacial score (nSPS) is 32.2. The molecule has 3 unspecified atom stereocenters. The Morgan fingerprint density at radius 3 is 2.30 bits per heavy atom. The van der Waals surface area contributed by atoms with E-state index in [1.807, 2.05) is 0 Å². The van der Waals surface area contributed by atoms with Crippen LogP contribution in [0.15, 0.2) is 0 Å². The summed E-state index contributed by atoms with van der Waals surface area (Å²) in [7, 11) is 0. The number of carbonyl (C=O) groups excluding carboxylic acids is 1. The Bertz CT molecular complexity index is 468. The van der Waals surface area contributed by atoms with E-state index < -0.39 is 41.1 Å². The first kappa shape index (κ1) is 14.6. The van der Waals surface area contributed by atoms with Gasteiger partial charge in [-0.05, 0) is 40.0 Å². The van der Waals surface area contributed by atoms with E-state index in [2.05, 4.69) is 0 Å². The first-order valence-electron chi connectivity index (χ1n) is 6.57.